The molecule has 0 heterocycles. The number of benzene rings is 2. The summed E-state index contributed by atoms with van der Waals surface area (Å²) in [7, 11) is 0. The fourth-order valence-electron chi connectivity index (χ4n) is 1.90. The molecule has 3 N–H and O–H groups in total. The number of hydrogen-bond acceptors (Lipinski definition) is 2. The second-order valence-electron chi connectivity index (χ2n) is 4.58. The molecule has 1 amide bonds. The van der Waals surface area contributed by atoms with Gasteiger partial charge < -0.3 is 11.1 Å². The Morgan fingerprint density at radius 1 is 1.14 bits per heavy atom. The molecule has 0 unspecified atom stereocenters. The molecule has 0 spiro atoms. The Kier molecular flexibility index (Phi) is 5.00. The van der Waals surface area contributed by atoms with Crippen LogP contribution in [0.4, 0.5) is 4.39 Å². The molecule has 0 radical (unpaired) electrons. The Morgan fingerprint density at radius 2 is 1.81 bits per heavy atom. The highest BCUT2D eigenvalue weighted by Gasteiger charge is 2.05. The number of nitrogens with two attached hydrogens (primary N) is 1. The van der Waals surface area contributed by atoms with Crippen LogP contribution in [0.25, 0.3) is 0 Å². The second-order valence-corrected chi connectivity index (χ2v) is 5.02. The first-order chi connectivity index (χ1) is 10.1. The van der Waals surface area contributed by atoms with E-state index >= 15 is 0 Å². The van der Waals surface area contributed by atoms with Gasteiger partial charge in [0.15, 0.2) is 0 Å². The number of amides is 1. The Morgan fingerprint density at radius 3 is 2.43 bits per heavy atom. The molecule has 108 valence electrons. The summed E-state index contributed by atoms with van der Waals surface area (Å²) >= 11 is 4.85. The van der Waals surface area contributed by atoms with Crippen LogP contribution < -0.4 is 11.1 Å². The quantitative estimate of drug-likeness (QED) is 0.834. The van der Waals surface area contributed by atoms with Gasteiger partial charge in [-0.1, -0.05) is 36.5 Å². The van der Waals surface area contributed by atoms with Crippen molar-refractivity contribution in [3.8, 4) is 0 Å². The van der Waals surface area contributed by atoms with Crippen LogP contribution in [-0.4, -0.2) is 17.4 Å². The summed E-state index contributed by atoms with van der Waals surface area (Å²) in [5.74, 6) is -0.451. The normalized spacial score (nSPS) is 10.1. The molecule has 0 bridgehead atoms. The highest BCUT2D eigenvalue weighted by atomic mass is 32.1. The van der Waals surface area contributed by atoms with Crippen molar-refractivity contribution in [2.24, 2.45) is 5.73 Å². The van der Waals surface area contributed by atoms with Crippen LogP contribution in [0.3, 0.4) is 0 Å². The van der Waals surface area contributed by atoms with E-state index in [0.29, 0.717) is 23.5 Å². The molecule has 0 aromatic heterocycles. The monoisotopic (exact) mass is 302 g/mol. The van der Waals surface area contributed by atoms with Gasteiger partial charge in [-0.05, 0) is 36.2 Å². The Hall–Kier alpha value is -2.27. The number of thiocarbonyl (C=S) groups is 1. The summed E-state index contributed by atoms with van der Waals surface area (Å²) in [5.41, 5.74) is 7.60. The minimum Gasteiger partial charge on any atom is -0.389 e. The van der Waals surface area contributed by atoms with Crippen molar-refractivity contribution < 1.29 is 9.18 Å². The van der Waals surface area contributed by atoms with Gasteiger partial charge in [0.05, 0.1) is 0 Å². The molecule has 0 aliphatic heterocycles. The summed E-state index contributed by atoms with van der Waals surface area (Å²) < 4.78 is 13.0. The molecule has 0 atom stereocenters. The van der Waals surface area contributed by atoms with Crippen LogP contribution >= 0.6 is 12.2 Å². The zero-order chi connectivity index (χ0) is 15.2. The molecule has 2 aromatic rings. The predicted molar refractivity (Wildman–Crippen MR) is 84.8 cm³/mol. The number of rotatable bonds is 5. The molecular formula is C16H15FN2OS. The lowest BCUT2D eigenvalue weighted by Crippen LogP contribution is -2.25. The zero-order valence-corrected chi connectivity index (χ0v) is 12.1. The Labute approximate surface area is 128 Å². The van der Waals surface area contributed by atoms with Gasteiger partial charge >= 0.3 is 0 Å². The van der Waals surface area contributed by atoms with Crippen molar-refractivity contribution in [3.63, 3.8) is 0 Å². The molecule has 0 saturated carbocycles. The molecule has 0 aliphatic rings. The van der Waals surface area contributed by atoms with E-state index < -0.39 is 0 Å². The molecule has 0 fully saturated rings. The lowest BCUT2D eigenvalue weighted by molar-refractivity contribution is 0.0954. The summed E-state index contributed by atoms with van der Waals surface area (Å²) in [4.78, 5) is 12.2. The van der Waals surface area contributed by atoms with Crippen molar-refractivity contribution >= 4 is 23.1 Å². The second kappa shape index (κ2) is 6.95. The van der Waals surface area contributed by atoms with E-state index in [2.05, 4.69) is 5.32 Å². The minimum atomic E-state index is -0.271. The third-order valence-electron chi connectivity index (χ3n) is 3.02. The van der Waals surface area contributed by atoms with Gasteiger partial charge in [-0.3, -0.25) is 4.79 Å². The van der Waals surface area contributed by atoms with E-state index in [1.807, 2.05) is 6.07 Å². The number of nitrogens with one attached hydrogen (secondary N) is 1. The van der Waals surface area contributed by atoms with Crippen LogP contribution in [0.5, 0.6) is 0 Å². The van der Waals surface area contributed by atoms with Gasteiger partial charge in [0.2, 0.25) is 0 Å². The average molecular weight is 302 g/mol. The SMILES string of the molecule is NC(=S)c1ccc(C(=O)NCCc2cccc(F)c2)cc1. The molecule has 2 rings (SSSR count). The van der Waals surface area contributed by atoms with Crippen LogP contribution in [0.15, 0.2) is 48.5 Å². The van der Waals surface area contributed by atoms with Crippen molar-refractivity contribution in [2.45, 2.75) is 6.42 Å². The summed E-state index contributed by atoms with van der Waals surface area (Å²) in [6.45, 7) is 0.444. The van der Waals surface area contributed by atoms with Crippen molar-refractivity contribution in [2.75, 3.05) is 6.54 Å². The molecule has 0 saturated heterocycles. The first-order valence-corrected chi connectivity index (χ1v) is 6.89. The van der Waals surface area contributed by atoms with Gasteiger partial charge in [0.1, 0.15) is 10.8 Å². The van der Waals surface area contributed by atoms with E-state index in [4.69, 9.17) is 18.0 Å². The first kappa shape index (κ1) is 15.1. The van der Waals surface area contributed by atoms with E-state index in [0.717, 1.165) is 11.1 Å². The van der Waals surface area contributed by atoms with Gasteiger partial charge in [-0.15, -0.1) is 0 Å². The Balaban J connectivity index is 1.88. The third kappa shape index (κ3) is 4.36. The van der Waals surface area contributed by atoms with E-state index in [-0.39, 0.29) is 11.7 Å². The van der Waals surface area contributed by atoms with Gasteiger partial charge in [-0.25, -0.2) is 4.39 Å². The molecule has 21 heavy (non-hydrogen) atoms. The predicted octanol–water partition coefficient (Wildman–Crippen LogP) is 2.43. The number of hydrogen-bond donors (Lipinski definition) is 2. The highest BCUT2D eigenvalue weighted by Crippen LogP contribution is 2.06. The molecule has 3 nitrogen and oxygen atoms in total. The van der Waals surface area contributed by atoms with E-state index in [1.54, 1.807) is 30.3 Å². The molecular weight excluding hydrogens is 287 g/mol. The maximum Gasteiger partial charge on any atom is 0.251 e. The first-order valence-electron chi connectivity index (χ1n) is 6.49. The maximum atomic E-state index is 13.0. The largest absolute Gasteiger partial charge is 0.389 e. The van der Waals surface area contributed by atoms with Gasteiger partial charge in [0.25, 0.3) is 5.91 Å². The average Bonchev–Trinajstić information content (AvgIpc) is 2.47. The number of carbonyl (C=O) groups excluding carboxylic acids is 1. The fourth-order valence-corrected chi connectivity index (χ4v) is 2.04. The molecule has 0 aliphatic carbocycles. The number of carbonyl (C=O) groups is 1. The third-order valence-corrected chi connectivity index (χ3v) is 3.26. The lowest BCUT2D eigenvalue weighted by atomic mass is 10.1. The topological polar surface area (TPSA) is 55.1 Å². The molecule has 5 heteroatoms. The van der Waals surface area contributed by atoms with E-state index in [1.165, 1.54) is 12.1 Å². The van der Waals surface area contributed by atoms with Gasteiger partial charge in [0, 0.05) is 17.7 Å². The fraction of sp³-hybridized carbons (Fsp3) is 0.125. The molecule has 2 aromatic carbocycles. The number of halogens is 1. The van der Waals surface area contributed by atoms with E-state index in [9.17, 15) is 9.18 Å². The van der Waals surface area contributed by atoms with Gasteiger partial charge in [-0.2, -0.15) is 0 Å². The lowest BCUT2D eigenvalue weighted by Gasteiger charge is -2.06. The van der Waals surface area contributed by atoms with Crippen LogP contribution in [0.2, 0.25) is 0 Å². The minimum absolute atomic E-state index is 0.180. The zero-order valence-electron chi connectivity index (χ0n) is 11.3. The highest BCUT2D eigenvalue weighted by molar-refractivity contribution is 7.80. The van der Waals surface area contributed by atoms with Crippen molar-refractivity contribution in [3.05, 3.63) is 71.0 Å². The summed E-state index contributed by atoms with van der Waals surface area (Å²) in [6.07, 6.45) is 0.578. The van der Waals surface area contributed by atoms with Crippen LogP contribution in [0.1, 0.15) is 21.5 Å². The Bertz CT molecular complexity index is 656. The van der Waals surface area contributed by atoms with Crippen LogP contribution in [0, 0.1) is 5.82 Å². The van der Waals surface area contributed by atoms with Crippen LogP contribution in [-0.2, 0) is 6.42 Å². The van der Waals surface area contributed by atoms with Crippen molar-refractivity contribution in [1.82, 2.24) is 5.32 Å². The maximum absolute atomic E-state index is 13.0. The summed E-state index contributed by atoms with van der Waals surface area (Å²) in [6, 6.07) is 13.1. The van der Waals surface area contributed by atoms with Crippen molar-refractivity contribution in [1.29, 1.82) is 0 Å². The standard InChI is InChI=1S/C16H15FN2OS/c17-14-3-1-2-11(10-14)8-9-19-16(20)13-6-4-12(5-7-13)15(18)21/h1-7,10H,8-9H2,(H2,18,21)(H,19,20). The summed E-state index contributed by atoms with van der Waals surface area (Å²) in [5, 5.41) is 2.79. The smallest absolute Gasteiger partial charge is 0.251 e.